The topological polar surface area (TPSA) is 21.3 Å². The molecule has 1 aromatic carbocycles. The summed E-state index contributed by atoms with van der Waals surface area (Å²) in [6, 6.07) is 5.56. The maximum atomic E-state index is 6.34. The summed E-state index contributed by atoms with van der Waals surface area (Å²) in [5, 5.41) is 4.68. The fraction of sp³-hybridized carbons (Fsp3) is 0.625. The molecule has 20 heavy (non-hydrogen) atoms. The number of hydrogen-bond donors (Lipinski definition) is 1. The molecule has 2 unspecified atom stereocenters. The van der Waals surface area contributed by atoms with Gasteiger partial charge in [0.1, 0.15) is 6.10 Å². The molecule has 1 N–H and O–H groups in total. The van der Waals surface area contributed by atoms with Crippen molar-refractivity contribution in [2.24, 2.45) is 11.8 Å². The maximum absolute atomic E-state index is 6.34. The molecule has 2 atom stereocenters. The summed E-state index contributed by atoms with van der Waals surface area (Å²) >= 11 is 12.5. The van der Waals surface area contributed by atoms with Gasteiger partial charge in [0.05, 0.1) is 10.0 Å². The van der Waals surface area contributed by atoms with Crippen molar-refractivity contribution < 1.29 is 4.74 Å². The van der Waals surface area contributed by atoms with Crippen molar-refractivity contribution >= 4 is 23.2 Å². The van der Waals surface area contributed by atoms with Crippen LogP contribution in [0.25, 0.3) is 0 Å². The molecule has 2 aliphatic rings. The van der Waals surface area contributed by atoms with Crippen molar-refractivity contribution in [1.29, 1.82) is 0 Å². The lowest BCUT2D eigenvalue weighted by Crippen LogP contribution is -2.35. The highest BCUT2D eigenvalue weighted by Gasteiger charge is 2.35. The molecule has 0 radical (unpaired) electrons. The first-order valence-electron chi connectivity index (χ1n) is 7.57. The van der Waals surface area contributed by atoms with Crippen molar-refractivity contribution in [3.8, 4) is 5.75 Å². The zero-order chi connectivity index (χ0) is 13.9. The molecule has 1 aliphatic carbocycles. The molecule has 0 aromatic heterocycles. The molecular formula is C16H21Cl2NO. The Bertz CT molecular complexity index is 418. The van der Waals surface area contributed by atoms with E-state index < -0.39 is 0 Å². The Hall–Kier alpha value is -0.440. The van der Waals surface area contributed by atoms with Gasteiger partial charge in [0.15, 0.2) is 5.75 Å². The number of rotatable bonds is 4. The minimum absolute atomic E-state index is 0.241. The van der Waals surface area contributed by atoms with Gasteiger partial charge in [-0.2, -0.15) is 0 Å². The van der Waals surface area contributed by atoms with Crippen LogP contribution in [0.15, 0.2) is 18.2 Å². The Kier molecular flexibility index (Phi) is 4.75. The monoisotopic (exact) mass is 313 g/mol. The predicted molar refractivity (Wildman–Crippen MR) is 83.8 cm³/mol. The Balaban J connectivity index is 1.81. The molecule has 1 aliphatic heterocycles. The molecule has 110 valence electrons. The van der Waals surface area contributed by atoms with E-state index in [1.807, 2.05) is 18.2 Å². The van der Waals surface area contributed by atoms with Crippen LogP contribution in [0, 0.1) is 11.8 Å². The Morgan fingerprint density at radius 2 is 1.75 bits per heavy atom. The largest absolute Gasteiger partial charge is 0.487 e. The molecule has 2 fully saturated rings. The molecule has 3 rings (SSSR count). The summed E-state index contributed by atoms with van der Waals surface area (Å²) in [4.78, 5) is 0. The van der Waals surface area contributed by atoms with Gasteiger partial charge in [-0.25, -0.2) is 0 Å². The van der Waals surface area contributed by atoms with E-state index in [4.69, 9.17) is 27.9 Å². The van der Waals surface area contributed by atoms with Crippen LogP contribution in [-0.2, 0) is 0 Å². The number of hydrogen-bond acceptors (Lipinski definition) is 2. The fourth-order valence-electron chi connectivity index (χ4n) is 3.55. The van der Waals surface area contributed by atoms with Crippen LogP contribution in [0.4, 0.5) is 0 Å². The van der Waals surface area contributed by atoms with Crippen LogP contribution in [0.2, 0.25) is 10.0 Å². The lowest BCUT2D eigenvalue weighted by Gasteiger charge is -2.30. The molecule has 4 heteroatoms. The molecule has 1 saturated carbocycles. The van der Waals surface area contributed by atoms with Crippen LogP contribution in [0.1, 0.15) is 32.1 Å². The summed E-state index contributed by atoms with van der Waals surface area (Å²) in [7, 11) is 0. The highest BCUT2D eigenvalue weighted by molar-refractivity contribution is 6.37. The van der Waals surface area contributed by atoms with Gasteiger partial charge in [0, 0.05) is 12.5 Å². The van der Waals surface area contributed by atoms with E-state index in [9.17, 15) is 0 Å². The molecule has 1 heterocycles. The van der Waals surface area contributed by atoms with Gasteiger partial charge in [0.2, 0.25) is 0 Å². The number of halogens is 2. The Labute approximate surface area is 130 Å². The lowest BCUT2D eigenvalue weighted by molar-refractivity contribution is 0.0845. The van der Waals surface area contributed by atoms with Crippen molar-refractivity contribution in [3.05, 3.63) is 28.2 Å². The summed E-state index contributed by atoms with van der Waals surface area (Å²) in [5.41, 5.74) is 0. The lowest BCUT2D eigenvalue weighted by atomic mass is 9.89. The standard InChI is InChI=1S/C16H21Cl2NO/c17-13-6-3-7-14(18)16(13)20-15(11-4-1-2-5-11)12-8-9-19-10-12/h3,6-7,11-12,15,19H,1-2,4-5,8-10H2. The SMILES string of the molecule is Clc1cccc(Cl)c1OC(C1CCCC1)C1CCNC1. The van der Waals surface area contributed by atoms with Crippen LogP contribution in [0.5, 0.6) is 5.75 Å². The molecule has 1 aromatic rings. The zero-order valence-corrected chi connectivity index (χ0v) is 13.1. The first-order valence-corrected chi connectivity index (χ1v) is 8.32. The summed E-state index contributed by atoms with van der Waals surface area (Å²) in [6.45, 7) is 2.14. The van der Waals surface area contributed by atoms with Crippen LogP contribution < -0.4 is 10.1 Å². The highest BCUT2D eigenvalue weighted by atomic mass is 35.5. The van der Waals surface area contributed by atoms with Gasteiger partial charge < -0.3 is 10.1 Å². The van der Waals surface area contributed by atoms with E-state index in [1.165, 1.54) is 32.1 Å². The summed E-state index contributed by atoms with van der Waals surface area (Å²) < 4.78 is 6.34. The second-order valence-corrected chi connectivity index (χ2v) is 6.75. The fourth-order valence-corrected chi connectivity index (χ4v) is 4.04. The van der Waals surface area contributed by atoms with Crippen LogP contribution in [-0.4, -0.2) is 19.2 Å². The average Bonchev–Trinajstić information content (AvgIpc) is 3.12. The molecule has 1 saturated heterocycles. The second kappa shape index (κ2) is 6.55. The number of benzene rings is 1. The zero-order valence-electron chi connectivity index (χ0n) is 11.6. The first-order chi connectivity index (χ1) is 9.75. The normalized spacial score (nSPS) is 25.0. The van der Waals surface area contributed by atoms with Gasteiger partial charge in [-0.05, 0) is 43.9 Å². The molecular weight excluding hydrogens is 293 g/mol. The van der Waals surface area contributed by atoms with E-state index in [0.717, 1.165) is 13.1 Å². The first kappa shape index (κ1) is 14.5. The maximum Gasteiger partial charge on any atom is 0.156 e. The quantitative estimate of drug-likeness (QED) is 0.881. The van der Waals surface area contributed by atoms with E-state index in [0.29, 0.717) is 27.6 Å². The molecule has 0 spiro atoms. The average molecular weight is 314 g/mol. The molecule has 2 nitrogen and oxygen atoms in total. The smallest absolute Gasteiger partial charge is 0.156 e. The van der Waals surface area contributed by atoms with E-state index >= 15 is 0 Å². The van der Waals surface area contributed by atoms with Crippen molar-refractivity contribution in [3.63, 3.8) is 0 Å². The number of ether oxygens (including phenoxy) is 1. The summed E-state index contributed by atoms with van der Waals surface area (Å²) in [5.74, 6) is 1.89. The van der Waals surface area contributed by atoms with Crippen LogP contribution in [0.3, 0.4) is 0 Å². The van der Waals surface area contributed by atoms with Gasteiger partial charge in [0.25, 0.3) is 0 Å². The Morgan fingerprint density at radius 1 is 1.05 bits per heavy atom. The minimum Gasteiger partial charge on any atom is -0.487 e. The third-order valence-electron chi connectivity index (χ3n) is 4.60. The molecule has 0 bridgehead atoms. The summed E-state index contributed by atoms with van der Waals surface area (Å²) in [6.07, 6.45) is 6.60. The van der Waals surface area contributed by atoms with Gasteiger partial charge in [-0.15, -0.1) is 0 Å². The van der Waals surface area contributed by atoms with Crippen molar-refractivity contribution in [1.82, 2.24) is 5.32 Å². The van der Waals surface area contributed by atoms with E-state index in [-0.39, 0.29) is 6.10 Å². The van der Waals surface area contributed by atoms with Gasteiger partial charge in [-0.1, -0.05) is 42.1 Å². The molecule has 0 amide bonds. The van der Waals surface area contributed by atoms with Crippen molar-refractivity contribution in [2.45, 2.75) is 38.2 Å². The third kappa shape index (κ3) is 3.08. The van der Waals surface area contributed by atoms with Crippen LogP contribution >= 0.6 is 23.2 Å². The number of para-hydroxylation sites is 1. The van der Waals surface area contributed by atoms with Gasteiger partial charge >= 0.3 is 0 Å². The third-order valence-corrected chi connectivity index (χ3v) is 5.20. The second-order valence-electron chi connectivity index (χ2n) is 5.93. The van der Waals surface area contributed by atoms with E-state index in [2.05, 4.69) is 5.32 Å². The predicted octanol–water partition coefficient (Wildman–Crippen LogP) is 4.54. The minimum atomic E-state index is 0.241. The Morgan fingerprint density at radius 3 is 2.35 bits per heavy atom. The highest BCUT2D eigenvalue weighted by Crippen LogP contribution is 2.39. The van der Waals surface area contributed by atoms with Crippen molar-refractivity contribution in [2.75, 3.05) is 13.1 Å². The number of nitrogens with one attached hydrogen (secondary N) is 1. The van der Waals surface area contributed by atoms with E-state index in [1.54, 1.807) is 0 Å². The van der Waals surface area contributed by atoms with Gasteiger partial charge in [-0.3, -0.25) is 0 Å².